The van der Waals surface area contributed by atoms with Gasteiger partial charge in [-0.25, -0.2) is 4.98 Å². The van der Waals surface area contributed by atoms with E-state index >= 15 is 0 Å². The molecule has 2 aliphatic rings. The molecule has 4 heteroatoms. The summed E-state index contributed by atoms with van der Waals surface area (Å²) in [5, 5.41) is 11.8. The van der Waals surface area contributed by atoms with Crippen molar-refractivity contribution in [2.75, 3.05) is 0 Å². The molecule has 0 unspecified atom stereocenters. The molecule has 0 amide bonds. The van der Waals surface area contributed by atoms with Gasteiger partial charge in [-0.2, -0.15) is 5.26 Å². The highest BCUT2D eigenvalue weighted by Gasteiger charge is 2.51. The highest BCUT2D eigenvalue weighted by atomic mass is 16.5. The number of para-hydroxylation sites is 2. The van der Waals surface area contributed by atoms with Crippen molar-refractivity contribution in [3.63, 3.8) is 0 Å². The molecule has 0 saturated carbocycles. The second-order valence-electron chi connectivity index (χ2n) is 13.9. The van der Waals surface area contributed by atoms with Gasteiger partial charge in [0.25, 0.3) is 0 Å². The molecule has 7 aromatic carbocycles. The summed E-state index contributed by atoms with van der Waals surface area (Å²) in [4.78, 5) is 8.66. The molecule has 1 N–H and O–H groups in total. The van der Waals surface area contributed by atoms with Crippen molar-refractivity contribution in [1.82, 2.24) is 9.97 Å². The molecule has 0 atom stereocenters. The second kappa shape index (κ2) is 11.1. The minimum Gasteiger partial charge on any atom is -0.456 e. The van der Waals surface area contributed by atoms with Crippen LogP contribution in [-0.4, -0.2) is 9.97 Å². The summed E-state index contributed by atoms with van der Waals surface area (Å²) in [6, 6.07) is 60.0. The molecule has 0 fully saturated rings. The van der Waals surface area contributed by atoms with Crippen molar-refractivity contribution in [3.05, 3.63) is 198 Å². The van der Waals surface area contributed by atoms with E-state index in [1.165, 1.54) is 22.3 Å². The summed E-state index contributed by atoms with van der Waals surface area (Å²) in [6.45, 7) is 0. The quantitative estimate of drug-likeness (QED) is 0.203. The number of hydrogen-bond acceptors (Lipinski definition) is 3. The molecular formula is C49H29N3O. The fourth-order valence-corrected chi connectivity index (χ4v) is 8.81. The largest absolute Gasteiger partial charge is 0.456 e. The van der Waals surface area contributed by atoms with Crippen LogP contribution in [-0.2, 0) is 5.41 Å². The fraction of sp³-hybridized carbons (Fsp3) is 0.0204. The summed E-state index contributed by atoms with van der Waals surface area (Å²) < 4.78 is 7.04. The number of nitriles is 1. The number of nitrogens with zero attached hydrogens (tertiary/aromatic N) is 2. The molecule has 1 spiro atoms. The average Bonchev–Trinajstić information content (AvgIpc) is 3.83. The Hall–Kier alpha value is -7.22. The SMILES string of the molecule is N#Cc1ccc(-c2cc(-c3ccc4ccc5cc[nH]c5c4n3)cc(-c3cccc4c3Oc3ccccc3C43c4ccccc4-c4ccccc43)c2)cc1. The zero-order valence-corrected chi connectivity index (χ0v) is 28.5. The number of rotatable bonds is 3. The van der Waals surface area contributed by atoms with Crippen LogP contribution in [0, 0.1) is 11.3 Å². The van der Waals surface area contributed by atoms with Crippen molar-refractivity contribution in [3.8, 4) is 62.2 Å². The molecule has 3 heterocycles. The first kappa shape index (κ1) is 29.5. The lowest BCUT2D eigenvalue weighted by Gasteiger charge is -2.40. The lowest BCUT2D eigenvalue weighted by atomic mass is 9.65. The number of nitrogens with one attached hydrogen (secondary N) is 1. The van der Waals surface area contributed by atoms with Crippen molar-refractivity contribution < 1.29 is 4.74 Å². The minimum atomic E-state index is -0.553. The van der Waals surface area contributed by atoms with Gasteiger partial charge < -0.3 is 9.72 Å². The molecule has 9 aromatic rings. The molecule has 0 bridgehead atoms. The Kier molecular flexibility index (Phi) is 6.20. The number of ether oxygens (including phenoxy) is 1. The van der Waals surface area contributed by atoms with E-state index in [9.17, 15) is 5.26 Å². The average molecular weight is 676 g/mol. The van der Waals surface area contributed by atoms with Gasteiger partial charge in [0.15, 0.2) is 0 Å². The van der Waals surface area contributed by atoms with E-state index in [-0.39, 0.29) is 0 Å². The van der Waals surface area contributed by atoms with E-state index in [1.807, 2.05) is 30.5 Å². The van der Waals surface area contributed by atoms with E-state index in [0.717, 1.165) is 77.9 Å². The Morgan fingerprint density at radius 1 is 0.528 bits per heavy atom. The molecule has 2 aromatic heterocycles. The van der Waals surface area contributed by atoms with Gasteiger partial charge in [-0.3, -0.25) is 0 Å². The van der Waals surface area contributed by atoms with Crippen LogP contribution in [0.2, 0.25) is 0 Å². The van der Waals surface area contributed by atoms with Crippen LogP contribution in [0.15, 0.2) is 170 Å². The lowest BCUT2D eigenvalue weighted by molar-refractivity contribution is 0.438. The van der Waals surface area contributed by atoms with E-state index in [1.54, 1.807) is 0 Å². The highest BCUT2D eigenvalue weighted by molar-refractivity contribution is 6.04. The fourth-order valence-electron chi connectivity index (χ4n) is 8.81. The Morgan fingerprint density at radius 3 is 1.96 bits per heavy atom. The Balaban J connectivity index is 1.18. The third-order valence-corrected chi connectivity index (χ3v) is 11.1. The van der Waals surface area contributed by atoms with Gasteiger partial charge in [-0.15, -0.1) is 0 Å². The van der Waals surface area contributed by atoms with Gasteiger partial charge in [0.1, 0.15) is 11.5 Å². The molecule has 246 valence electrons. The highest BCUT2D eigenvalue weighted by Crippen LogP contribution is 2.63. The maximum absolute atomic E-state index is 9.55. The van der Waals surface area contributed by atoms with E-state index in [2.05, 4.69) is 151 Å². The maximum Gasteiger partial charge on any atom is 0.140 e. The molecule has 1 aliphatic heterocycles. The van der Waals surface area contributed by atoms with E-state index in [4.69, 9.17) is 9.72 Å². The van der Waals surface area contributed by atoms with Gasteiger partial charge in [-0.1, -0.05) is 115 Å². The van der Waals surface area contributed by atoms with Crippen LogP contribution in [0.5, 0.6) is 11.5 Å². The Bertz CT molecular complexity index is 2960. The van der Waals surface area contributed by atoms with Crippen LogP contribution >= 0.6 is 0 Å². The minimum absolute atomic E-state index is 0.553. The van der Waals surface area contributed by atoms with Gasteiger partial charge in [0, 0.05) is 39.2 Å². The van der Waals surface area contributed by atoms with Crippen molar-refractivity contribution in [2.24, 2.45) is 0 Å². The van der Waals surface area contributed by atoms with Gasteiger partial charge in [0.05, 0.1) is 33.8 Å². The first-order chi connectivity index (χ1) is 26.2. The molecule has 0 saturated heterocycles. The Morgan fingerprint density at radius 2 is 1.17 bits per heavy atom. The van der Waals surface area contributed by atoms with Crippen molar-refractivity contribution in [1.29, 1.82) is 5.26 Å². The summed E-state index contributed by atoms with van der Waals surface area (Å²) in [6.07, 6.45) is 1.96. The van der Waals surface area contributed by atoms with Crippen LogP contribution in [0.3, 0.4) is 0 Å². The molecule has 53 heavy (non-hydrogen) atoms. The maximum atomic E-state index is 9.55. The molecular weight excluding hydrogens is 647 g/mol. The van der Waals surface area contributed by atoms with Crippen LogP contribution in [0.4, 0.5) is 0 Å². The number of fused-ring (bicyclic) bond motifs is 12. The summed E-state index contributed by atoms with van der Waals surface area (Å²) in [5.41, 5.74) is 15.3. The molecule has 4 nitrogen and oxygen atoms in total. The number of aromatic amines is 1. The van der Waals surface area contributed by atoms with Crippen LogP contribution in [0.25, 0.3) is 66.4 Å². The number of H-pyrrole nitrogens is 1. The predicted octanol–water partition coefficient (Wildman–Crippen LogP) is 12.1. The summed E-state index contributed by atoms with van der Waals surface area (Å²) >= 11 is 0. The molecule has 11 rings (SSSR count). The third-order valence-electron chi connectivity index (χ3n) is 11.1. The van der Waals surface area contributed by atoms with Crippen LogP contribution < -0.4 is 4.74 Å². The second-order valence-corrected chi connectivity index (χ2v) is 13.9. The van der Waals surface area contributed by atoms with E-state index in [0.29, 0.717) is 5.56 Å². The van der Waals surface area contributed by atoms with E-state index < -0.39 is 5.41 Å². The van der Waals surface area contributed by atoms with Crippen LogP contribution in [0.1, 0.15) is 27.8 Å². The molecule has 0 radical (unpaired) electrons. The normalized spacial score (nSPS) is 13.2. The smallest absolute Gasteiger partial charge is 0.140 e. The third kappa shape index (κ3) is 4.19. The number of benzene rings is 7. The monoisotopic (exact) mass is 675 g/mol. The van der Waals surface area contributed by atoms with Gasteiger partial charge in [0.2, 0.25) is 0 Å². The Labute approximate surface area is 306 Å². The number of pyridine rings is 1. The van der Waals surface area contributed by atoms with Crippen molar-refractivity contribution in [2.45, 2.75) is 5.41 Å². The standard InChI is InChI=1S/C49H29N3O/c50-29-30-16-18-31(19-17-30)34-26-35(28-36(27-34)44-23-22-32-20-21-33-24-25-51-46(33)47(32)52-44)37-10-7-14-43-48(37)53-45-15-6-5-13-42(45)49(43)40-11-3-1-8-38(40)39-9-2-4-12-41(39)49/h1-28,51H. The zero-order valence-electron chi connectivity index (χ0n) is 28.5. The van der Waals surface area contributed by atoms with Gasteiger partial charge in [-0.05, 0) is 87.5 Å². The van der Waals surface area contributed by atoms with Crippen molar-refractivity contribution >= 4 is 21.8 Å². The summed E-state index contributed by atoms with van der Waals surface area (Å²) in [5.74, 6) is 1.70. The summed E-state index contributed by atoms with van der Waals surface area (Å²) in [7, 11) is 0. The topological polar surface area (TPSA) is 61.7 Å². The number of aromatic nitrogens is 2. The number of hydrogen-bond donors (Lipinski definition) is 1. The lowest BCUT2D eigenvalue weighted by Crippen LogP contribution is -2.32. The first-order valence-electron chi connectivity index (χ1n) is 17.8. The first-order valence-corrected chi connectivity index (χ1v) is 17.8. The van der Waals surface area contributed by atoms with Gasteiger partial charge >= 0.3 is 0 Å². The predicted molar refractivity (Wildman–Crippen MR) is 212 cm³/mol. The zero-order chi connectivity index (χ0) is 35.1. The molecule has 1 aliphatic carbocycles.